The van der Waals surface area contributed by atoms with Gasteiger partial charge in [-0.05, 0) is 11.6 Å². The van der Waals surface area contributed by atoms with Crippen molar-refractivity contribution in [1.29, 1.82) is 0 Å². The summed E-state index contributed by atoms with van der Waals surface area (Å²) in [4.78, 5) is 14.3. The molecule has 0 spiro atoms. The van der Waals surface area contributed by atoms with Crippen molar-refractivity contribution in [2.45, 2.75) is 12.1 Å². The number of carbonyl (C=O) groups excluding carboxylic acids is 1. The zero-order chi connectivity index (χ0) is 16.2. The molecule has 1 aliphatic heterocycles. The quantitative estimate of drug-likeness (QED) is 0.946. The zero-order valence-electron chi connectivity index (χ0n) is 12.7. The highest BCUT2D eigenvalue weighted by Crippen LogP contribution is 2.26. The summed E-state index contributed by atoms with van der Waals surface area (Å²) in [6.45, 7) is 1.14. The van der Waals surface area contributed by atoms with Crippen molar-refractivity contribution in [2.24, 2.45) is 5.73 Å². The molecule has 2 atom stereocenters. The van der Waals surface area contributed by atoms with Crippen LogP contribution in [0.25, 0.3) is 0 Å². The van der Waals surface area contributed by atoms with Gasteiger partial charge in [-0.15, -0.1) is 0 Å². The maximum Gasteiger partial charge on any atom is 0.244 e. The number of carbonyl (C=O) groups is 1. The monoisotopic (exact) mass is 314 g/mol. The minimum atomic E-state index is -0.712. The molecule has 0 saturated carbocycles. The van der Waals surface area contributed by atoms with E-state index in [1.54, 1.807) is 23.1 Å². The Morgan fingerprint density at radius 1 is 1.17 bits per heavy atom. The lowest BCUT2D eigenvalue weighted by atomic mass is 10.0. The zero-order valence-corrected chi connectivity index (χ0v) is 12.7. The van der Waals surface area contributed by atoms with Gasteiger partial charge >= 0.3 is 0 Å². The molecule has 1 heterocycles. The lowest BCUT2D eigenvalue weighted by Crippen LogP contribution is -2.46. The second-order valence-corrected chi connectivity index (χ2v) is 5.55. The van der Waals surface area contributed by atoms with Crippen LogP contribution in [0.15, 0.2) is 54.6 Å². The standard InChI is InChI=1S/C18H19FN2O2/c19-15-9-5-4-8-14(15)16-12-21(10-11-23-16)18(22)17(20)13-6-2-1-3-7-13/h1-9,16-17H,10-12,20H2. The number of morpholine rings is 1. The van der Waals surface area contributed by atoms with Crippen LogP contribution in [-0.4, -0.2) is 30.5 Å². The van der Waals surface area contributed by atoms with Crippen molar-refractivity contribution >= 4 is 5.91 Å². The first-order valence-corrected chi connectivity index (χ1v) is 7.62. The fraction of sp³-hybridized carbons (Fsp3) is 0.278. The van der Waals surface area contributed by atoms with Crippen molar-refractivity contribution in [3.63, 3.8) is 0 Å². The molecule has 0 aliphatic carbocycles. The molecule has 3 rings (SSSR count). The molecule has 1 saturated heterocycles. The molecule has 0 radical (unpaired) electrons. The summed E-state index contributed by atoms with van der Waals surface area (Å²) in [6.07, 6.45) is -0.461. The first-order valence-electron chi connectivity index (χ1n) is 7.62. The third kappa shape index (κ3) is 3.41. The molecular formula is C18H19FN2O2. The van der Waals surface area contributed by atoms with E-state index in [0.717, 1.165) is 5.56 Å². The molecule has 4 nitrogen and oxygen atoms in total. The molecule has 1 fully saturated rings. The van der Waals surface area contributed by atoms with E-state index in [0.29, 0.717) is 25.3 Å². The van der Waals surface area contributed by atoms with Gasteiger partial charge in [-0.25, -0.2) is 4.39 Å². The van der Waals surface area contributed by atoms with E-state index < -0.39 is 12.1 Å². The molecule has 2 aromatic rings. The molecule has 23 heavy (non-hydrogen) atoms. The molecule has 2 aromatic carbocycles. The second kappa shape index (κ2) is 6.89. The van der Waals surface area contributed by atoms with Crippen LogP contribution in [0, 0.1) is 5.82 Å². The smallest absolute Gasteiger partial charge is 0.244 e. The summed E-state index contributed by atoms with van der Waals surface area (Å²) in [5.41, 5.74) is 7.32. The fourth-order valence-corrected chi connectivity index (χ4v) is 2.77. The van der Waals surface area contributed by atoms with Crippen LogP contribution in [0.3, 0.4) is 0 Å². The molecular weight excluding hydrogens is 295 g/mol. The van der Waals surface area contributed by atoms with Crippen molar-refractivity contribution in [3.8, 4) is 0 Å². The van der Waals surface area contributed by atoms with Crippen LogP contribution in [-0.2, 0) is 9.53 Å². The Kier molecular flexibility index (Phi) is 4.69. The van der Waals surface area contributed by atoms with Gasteiger partial charge in [0.25, 0.3) is 0 Å². The van der Waals surface area contributed by atoms with Crippen molar-refractivity contribution in [1.82, 2.24) is 4.90 Å². The van der Waals surface area contributed by atoms with Gasteiger partial charge in [-0.1, -0.05) is 48.5 Å². The number of hydrogen-bond acceptors (Lipinski definition) is 3. The summed E-state index contributed by atoms with van der Waals surface area (Å²) < 4.78 is 19.6. The average Bonchev–Trinajstić information content (AvgIpc) is 2.62. The minimum absolute atomic E-state index is 0.166. The second-order valence-electron chi connectivity index (χ2n) is 5.55. The van der Waals surface area contributed by atoms with Crippen LogP contribution in [0.4, 0.5) is 4.39 Å². The molecule has 0 aromatic heterocycles. The predicted octanol–water partition coefficient (Wildman–Crippen LogP) is 2.43. The Bertz CT molecular complexity index is 678. The van der Waals surface area contributed by atoms with Crippen molar-refractivity contribution < 1.29 is 13.9 Å². The first kappa shape index (κ1) is 15.6. The third-order valence-electron chi connectivity index (χ3n) is 4.05. The number of hydrogen-bond donors (Lipinski definition) is 1. The van der Waals surface area contributed by atoms with Gasteiger partial charge in [0.2, 0.25) is 5.91 Å². The lowest BCUT2D eigenvalue weighted by Gasteiger charge is -2.34. The maximum absolute atomic E-state index is 13.9. The summed E-state index contributed by atoms with van der Waals surface area (Å²) >= 11 is 0. The normalized spacial score (nSPS) is 19.4. The molecule has 5 heteroatoms. The van der Waals surface area contributed by atoms with E-state index >= 15 is 0 Å². The Labute approximate surface area is 134 Å². The van der Waals surface area contributed by atoms with Crippen LogP contribution >= 0.6 is 0 Å². The van der Waals surface area contributed by atoms with E-state index in [2.05, 4.69) is 0 Å². The number of nitrogens with two attached hydrogens (primary N) is 1. The average molecular weight is 314 g/mol. The SMILES string of the molecule is NC(C(=O)N1CCOC(c2ccccc2F)C1)c1ccccc1. The van der Waals surface area contributed by atoms with E-state index in [1.807, 2.05) is 30.3 Å². The number of rotatable bonds is 3. The number of nitrogens with zero attached hydrogens (tertiary/aromatic N) is 1. The summed E-state index contributed by atoms with van der Waals surface area (Å²) in [5.74, 6) is -0.486. The largest absolute Gasteiger partial charge is 0.370 e. The number of amides is 1. The highest BCUT2D eigenvalue weighted by Gasteiger charge is 2.30. The van der Waals surface area contributed by atoms with E-state index in [4.69, 9.17) is 10.5 Å². The van der Waals surface area contributed by atoms with Crippen LogP contribution in [0.2, 0.25) is 0 Å². The topological polar surface area (TPSA) is 55.6 Å². The molecule has 2 N–H and O–H groups in total. The van der Waals surface area contributed by atoms with Crippen molar-refractivity contribution in [2.75, 3.05) is 19.7 Å². The minimum Gasteiger partial charge on any atom is -0.370 e. The molecule has 0 bridgehead atoms. The van der Waals surface area contributed by atoms with Gasteiger partial charge in [-0.3, -0.25) is 4.79 Å². The van der Waals surface area contributed by atoms with Gasteiger partial charge < -0.3 is 15.4 Å². The van der Waals surface area contributed by atoms with E-state index in [-0.39, 0.29) is 11.7 Å². The summed E-state index contributed by atoms with van der Waals surface area (Å²) in [6, 6.07) is 15.0. The predicted molar refractivity (Wildman–Crippen MR) is 85.0 cm³/mol. The summed E-state index contributed by atoms with van der Waals surface area (Å²) in [5, 5.41) is 0. The van der Waals surface area contributed by atoms with Gasteiger partial charge in [0.15, 0.2) is 0 Å². The van der Waals surface area contributed by atoms with Crippen LogP contribution in [0.5, 0.6) is 0 Å². The first-order chi connectivity index (χ1) is 11.2. The Morgan fingerprint density at radius 3 is 2.61 bits per heavy atom. The van der Waals surface area contributed by atoms with Gasteiger partial charge in [0.1, 0.15) is 18.0 Å². The van der Waals surface area contributed by atoms with Gasteiger partial charge in [0, 0.05) is 12.1 Å². The maximum atomic E-state index is 13.9. The fourth-order valence-electron chi connectivity index (χ4n) is 2.77. The van der Waals surface area contributed by atoms with Gasteiger partial charge in [-0.2, -0.15) is 0 Å². The third-order valence-corrected chi connectivity index (χ3v) is 4.05. The Morgan fingerprint density at radius 2 is 1.87 bits per heavy atom. The Hall–Kier alpha value is -2.24. The Balaban J connectivity index is 1.73. The summed E-state index contributed by atoms with van der Waals surface area (Å²) in [7, 11) is 0. The highest BCUT2D eigenvalue weighted by atomic mass is 19.1. The number of benzene rings is 2. The lowest BCUT2D eigenvalue weighted by molar-refractivity contribution is -0.140. The molecule has 1 aliphatic rings. The molecule has 1 amide bonds. The molecule has 120 valence electrons. The molecule has 2 unspecified atom stereocenters. The number of ether oxygens (including phenoxy) is 1. The highest BCUT2D eigenvalue weighted by molar-refractivity contribution is 5.83. The van der Waals surface area contributed by atoms with Crippen LogP contribution < -0.4 is 5.73 Å². The van der Waals surface area contributed by atoms with E-state index in [1.165, 1.54) is 6.07 Å². The van der Waals surface area contributed by atoms with Crippen LogP contribution in [0.1, 0.15) is 23.3 Å². The number of halogens is 1. The van der Waals surface area contributed by atoms with Gasteiger partial charge in [0.05, 0.1) is 13.2 Å². The van der Waals surface area contributed by atoms with E-state index in [9.17, 15) is 9.18 Å². The van der Waals surface area contributed by atoms with Crippen molar-refractivity contribution in [3.05, 3.63) is 71.5 Å².